The summed E-state index contributed by atoms with van der Waals surface area (Å²) in [7, 11) is 0. The van der Waals surface area contributed by atoms with Crippen LogP contribution < -0.4 is 0 Å². The molecule has 4 fully saturated rings. The van der Waals surface area contributed by atoms with Crippen LogP contribution in [-0.4, -0.2) is 65.2 Å². The number of esters is 1. The molecule has 1 saturated heterocycles. The Labute approximate surface area is 222 Å². The van der Waals surface area contributed by atoms with Crippen molar-refractivity contribution in [2.45, 2.75) is 83.8 Å². The summed E-state index contributed by atoms with van der Waals surface area (Å²) in [5.41, 5.74) is -6.20. The molecule has 5 aliphatic rings. The van der Waals surface area contributed by atoms with Crippen molar-refractivity contribution in [3.63, 3.8) is 0 Å². The van der Waals surface area contributed by atoms with Crippen LogP contribution in [0.15, 0.2) is 23.8 Å². The number of carbonyl (C=O) groups excluding carboxylic acids is 2. The summed E-state index contributed by atoms with van der Waals surface area (Å²) in [6.07, 6.45) is 1.65. The fourth-order valence-corrected chi connectivity index (χ4v) is 8.46. The SMILES string of the molecule is CC(C)(C)CCN1C[C@@H]2C[C@H]3[C@@H]4C[C@H](F)C5=CC(=O)C=C[C@]5(C)[C@@]4(F)[C@@H](O)C[C@]3(C)[C@]2(C(=O)OCC#N)O1. The summed E-state index contributed by atoms with van der Waals surface area (Å²) < 4.78 is 38.5. The third-order valence-corrected chi connectivity index (χ3v) is 10.4. The zero-order chi connectivity index (χ0) is 27.9. The Hall–Kier alpha value is -2.15. The van der Waals surface area contributed by atoms with E-state index >= 15 is 8.78 Å². The van der Waals surface area contributed by atoms with Gasteiger partial charge in [0.05, 0.1) is 6.10 Å². The van der Waals surface area contributed by atoms with Crippen molar-refractivity contribution >= 4 is 11.8 Å². The van der Waals surface area contributed by atoms with Crippen LogP contribution >= 0.6 is 0 Å². The predicted octanol–water partition coefficient (Wildman–Crippen LogP) is 4.02. The first-order chi connectivity index (χ1) is 17.6. The molecule has 1 aliphatic heterocycles. The first-order valence-corrected chi connectivity index (χ1v) is 13.6. The number of hydrogen-bond donors (Lipinski definition) is 1. The molecule has 5 rings (SSSR count). The standard InChI is InChI=1S/C29H38F2N2O5/c1-25(2,3)8-10-33-16-17-12-19-20-14-22(30)21-13-18(34)6-7-26(21,4)28(20,31)23(35)15-27(19,5)29(17,38-33)24(36)37-11-9-32/h6-7,13,17,19-20,22-23,35H,8,10-12,14-16H2,1-5H3/t17-,19-,20-,22-,23-,26-,27-,28-,29-/m0/s1. The van der Waals surface area contributed by atoms with Gasteiger partial charge in [0, 0.05) is 35.8 Å². The number of ether oxygens (including phenoxy) is 1. The third kappa shape index (κ3) is 3.52. The number of hydrogen-bond acceptors (Lipinski definition) is 7. The molecule has 0 aromatic carbocycles. The Balaban J connectivity index is 1.56. The summed E-state index contributed by atoms with van der Waals surface area (Å²) in [5, 5.41) is 22.4. The van der Waals surface area contributed by atoms with Crippen LogP contribution in [0.25, 0.3) is 0 Å². The van der Waals surface area contributed by atoms with Gasteiger partial charge >= 0.3 is 5.97 Å². The van der Waals surface area contributed by atoms with E-state index in [-0.39, 0.29) is 29.7 Å². The van der Waals surface area contributed by atoms with E-state index in [0.717, 1.165) is 6.42 Å². The van der Waals surface area contributed by atoms with E-state index in [1.807, 2.05) is 13.0 Å². The Morgan fingerprint density at radius 2 is 2.03 bits per heavy atom. The smallest absolute Gasteiger partial charge is 0.342 e. The lowest BCUT2D eigenvalue weighted by Gasteiger charge is -2.63. The molecule has 208 valence electrons. The van der Waals surface area contributed by atoms with Crippen LogP contribution in [0.4, 0.5) is 8.78 Å². The second-order valence-electron chi connectivity index (χ2n) is 13.6. The minimum Gasteiger partial charge on any atom is -0.448 e. The van der Waals surface area contributed by atoms with Crippen molar-refractivity contribution in [3.8, 4) is 6.07 Å². The molecule has 0 aromatic rings. The zero-order valence-corrected chi connectivity index (χ0v) is 22.8. The maximum Gasteiger partial charge on any atom is 0.342 e. The zero-order valence-electron chi connectivity index (χ0n) is 22.8. The van der Waals surface area contributed by atoms with E-state index in [2.05, 4.69) is 20.8 Å². The number of alkyl halides is 2. The number of nitriles is 1. The number of allylic oxidation sites excluding steroid dienone is 4. The highest BCUT2D eigenvalue weighted by molar-refractivity contribution is 6.01. The summed E-state index contributed by atoms with van der Waals surface area (Å²) in [5.74, 6) is -2.85. The summed E-state index contributed by atoms with van der Waals surface area (Å²) in [6, 6.07) is 1.83. The van der Waals surface area contributed by atoms with Crippen molar-refractivity contribution in [1.82, 2.24) is 5.06 Å². The van der Waals surface area contributed by atoms with Crippen molar-refractivity contribution in [2.24, 2.45) is 34.0 Å². The fourth-order valence-electron chi connectivity index (χ4n) is 8.46. The van der Waals surface area contributed by atoms with E-state index in [0.29, 0.717) is 19.5 Å². The monoisotopic (exact) mass is 532 g/mol. The molecule has 0 unspecified atom stereocenters. The number of fused-ring (bicyclic) bond motifs is 7. The minimum absolute atomic E-state index is 0.0324. The number of carbonyl (C=O) groups is 2. The molecule has 0 amide bonds. The van der Waals surface area contributed by atoms with Gasteiger partial charge in [-0.25, -0.2) is 13.6 Å². The molecular weight excluding hydrogens is 494 g/mol. The first-order valence-electron chi connectivity index (χ1n) is 13.6. The summed E-state index contributed by atoms with van der Waals surface area (Å²) in [4.78, 5) is 32.3. The van der Waals surface area contributed by atoms with Crippen molar-refractivity contribution in [1.29, 1.82) is 5.26 Å². The molecular formula is C29H38F2N2O5. The average Bonchev–Trinajstić information content (AvgIpc) is 3.32. The van der Waals surface area contributed by atoms with Crippen LogP contribution in [0, 0.1) is 45.3 Å². The molecule has 4 aliphatic carbocycles. The second-order valence-corrected chi connectivity index (χ2v) is 13.6. The molecule has 0 radical (unpaired) electrons. The Morgan fingerprint density at radius 1 is 1.32 bits per heavy atom. The van der Waals surface area contributed by atoms with E-state index in [9.17, 15) is 14.7 Å². The van der Waals surface area contributed by atoms with Gasteiger partial charge in [-0.2, -0.15) is 10.3 Å². The number of aliphatic hydroxyl groups is 1. The molecule has 9 heteroatoms. The van der Waals surface area contributed by atoms with Gasteiger partial charge in [-0.05, 0) is 61.7 Å². The lowest BCUT2D eigenvalue weighted by atomic mass is 9.44. The summed E-state index contributed by atoms with van der Waals surface area (Å²) >= 11 is 0. The van der Waals surface area contributed by atoms with Gasteiger partial charge in [0.25, 0.3) is 0 Å². The Bertz CT molecular complexity index is 1140. The Morgan fingerprint density at radius 3 is 2.68 bits per heavy atom. The molecule has 0 bridgehead atoms. The predicted molar refractivity (Wildman–Crippen MR) is 134 cm³/mol. The molecule has 0 spiro atoms. The number of rotatable bonds is 4. The van der Waals surface area contributed by atoms with Crippen LogP contribution in [0.1, 0.15) is 60.3 Å². The molecule has 9 atom stereocenters. The van der Waals surface area contributed by atoms with Gasteiger partial charge in [0.15, 0.2) is 23.7 Å². The molecule has 1 N–H and O–H groups in total. The van der Waals surface area contributed by atoms with E-state index in [1.165, 1.54) is 18.2 Å². The van der Waals surface area contributed by atoms with Crippen LogP contribution in [0.3, 0.4) is 0 Å². The first kappa shape index (κ1) is 27.4. The van der Waals surface area contributed by atoms with Crippen LogP contribution in [0.5, 0.6) is 0 Å². The van der Waals surface area contributed by atoms with Crippen molar-refractivity contribution in [3.05, 3.63) is 23.8 Å². The molecule has 0 aromatic heterocycles. The molecule has 3 saturated carbocycles. The third-order valence-electron chi connectivity index (χ3n) is 10.4. The maximum atomic E-state index is 17.4. The highest BCUT2D eigenvalue weighted by atomic mass is 19.1. The number of aliphatic hydroxyl groups excluding tert-OH is 1. The number of ketones is 1. The second kappa shape index (κ2) is 8.67. The normalized spacial score (nSPS) is 45.9. The maximum absolute atomic E-state index is 17.4. The number of nitrogens with zero attached hydrogens (tertiary/aromatic N) is 2. The van der Waals surface area contributed by atoms with Gasteiger partial charge < -0.3 is 9.84 Å². The number of hydroxylamine groups is 2. The quantitative estimate of drug-likeness (QED) is 0.546. The van der Waals surface area contributed by atoms with E-state index in [1.54, 1.807) is 12.0 Å². The number of halogens is 2. The fraction of sp³-hybridized carbons (Fsp3) is 0.759. The average molecular weight is 533 g/mol. The molecule has 38 heavy (non-hydrogen) atoms. The van der Waals surface area contributed by atoms with E-state index in [4.69, 9.17) is 14.8 Å². The van der Waals surface area contributed by atoms with Crippen molar-refractivity contribution in [2.75, 3.05) is 19.7 Å². The minimum atomic E-state index is -2.23. The van der Waals surface area contributed by atoms with Crippen molar-refractivity contribution < 1.29 is 33.1 Å². The highest BCUT2D eigenvalue weighted by Gasteiger charge is 2.80. The van der Waals surface area contributed by atoms with E-state index < -0.39 is 64.6 Å². The lowest BCUT2D eigenvalue weighted by molar-refractivity contribution is -0.275. The molecule has 1 heterocycles. The lowest BCUT2D eigenvalue weighted by Crippen LogP contribution is -2.70. The summed E-state index contributed by atoms with van der Waals surface area (Å²) in [6.45, 7) is 10.3. The molecule has 7 nitrogen and oxygen atoms in total. The van der Waals surface area contributed by atoms with Gasteiger partial charge in [0.1, 0.15) is 12.2 Å². The van der Waals surface area contributed by atoms with Gasteiger partial charge in [-0.15, -0.1) is 0 Å². The van der Waals surface area contributed by atoms with Crippen LogP contribution in [0.2, 0.25) is 0 Å². The van der Waals surface area contributed by atoms with Gasteiger partial charge in [0.2, 0.25) is 0 Å². The topological polar surface area (TPSA) is 99.9 Å². The van der Waals surface area contributed by atoms with Gasteiger partial charge in [-0.1, -0.05) is 33.8 Å². The van der Waals surface area contributed by atoms with Gasteiger partial charge in [-0.3, -0.25) is 9.63 Å². The Kier molecular flexibility index (Phi) is 6.26. The van der Waals surface area contributed by atoms with Crippen LogP contribution in [-0.2, 0) is 19.2 Å². The largest absolute Gasteiger partial charge is 0.448 e. The highest BCUT2D eigenvalue weighted by Crippen LogP contribution is 2.72.